The number of carbonyl (C=O) groups is 2. The zero-order valence-electron chi connectivity index (χ0n) is 18.9. The molecule has 1 aliphatic rings. The Kier molecular flexibility index (Phi) is 7.83. The molecular weight excluding hydrogens is 436 g/mol. The van der Waals surface area contributed by atoms with Crippen molar-refractivity contribution < 1.29 is 18.7 Å². The fourth-order valence-corrected chi connectivity index (χ4v) is 5.10. The third-order valence-electron chi connectivity index (χ3n) is 6.08. The summed E-state index contributed by atoms with van der Waals surface area (Å²) in [4.78, 5) is 29.8. The summed E-state index contributed by atoms with van der Waals surface area (Å²) in [5, 5.41) is 5.15. The molecule has 1 saturated carbocycles. The molecule has 4 rings (SSSR count). The number of nitrogens with one attached hydrogen (secondary N) is 1. The van der Waals surface area contributed by atoms with Crippen LogP contribution in [-0.4, -0.2) is 29.9 Å². The predicted octanol–water partition coefficient (Wildman–Crippen LogP) is 5.11. The fraction of sp³-hybridized carbons (Fsp3) is 0.385. The van der Waals surface area contributed by atoms with Gasteiger partial charge in [0.25, 0.3) is 5.91 Å². The molecule has 1 aliphatic carbocycles. The first-order valence-electron chi connectivity index (χ1n) is 11.4. The molecule has 1 fully saturated rings. The van der Waals surface area contributed by atoms with Crippen LogP contribution >= 0.6 is 11.3 Å². The van der Waals surface area contributed by atoms with Gasteiger partial charge >= 0.3 is 0 Å². The summed E-state index contributed by atoms with van der Waals surface area (Å²) >= 11 is 1.53. The summed E-state index contributed by atoms with van der Waals surface area (Å²) in [6, 6.07) is 14.2. The first-order chi connectivity index (χ1) is 16.2. The maximum absolute atomic E-state index is 13.6. The van der Waals surface area contributed by atoms with Crippen LogP contribution in [0.4, 0.5) is 0 Å². The Morgan fingerprint density at radius 2 is 1.94 bits per heavy atom. The number of methoxy groups -OCH3 is 1. The molecule has 2 heterocycles. The van der Waals surface area contributed by atoms with Crippen molar-refractivity contribution in [1.82, 2.24) is 10.2 Å². The maximum atomic E-state index is 13.6. The molecule has 0 saturated heterocycles. The summed E-state index contributed by atoms with van der Waals surface area (Å²) in [6.07, 6.45) is 7.12. The topological polar surface area (TPSA) is 71.8 Å². The van der Waals surface area contributed by atoms with Crippen LogP contribution in [0.25, 0.3) is 0 Å². The normalized spacial score (nSPS) is 15.1. The highest BCUT2D eigenvalue weighted by atomic mass is 32.1. The Labute approximate surface area is 198 Å². The van der Waals surface area contributed by atoms with E-state index < -0.39 is 6.04 Å². The zero-order chi connectivity index (χ0) is 23.0. The number of rotatable bonds is 9. The van der Waals surface area contributed by atoms with Crippen molar-refractivity contribution in [3.63, 3.8) is 0 Å². The smallest absolute Gasteiger partial charge is 0.250 e. The van der Waals surface area contributed by atoms with Crippen molar-refractivity contribution in [3.8, 4) is 5.75 Å². The lowest BCUT2D eigenvalue weighted by molar-refractivity contribution is -0.142. The average molecular weight is 467 g/mol. The second-order valence-corrected chi connectivity index (χ2v) is 9.38. The molecule has 0 unspecified atom stereocenters. The van der Waals surface area contributed by atoms with E-state index in [0.29, 0.717) is 11.5 Å². The molecule has 2 amide bonds. The molecular formula is C26H30N2O4S. The molecule has 7 heteroatoms. The molecule has 0 aliphatic heterocycles. The number of hydrogen-bond donors (Lipinski definition) is 1. The molecule has 0 radical (unpaired) electrons. The highest BCUT2D eigenvalue weighted by molar-refractivity contribution is 7.10. The highest BCUT2D eigenvalue weighted by Crippen LogP contribution is 2.29. The first-order valence-corrected chi connectivity index (χ1v) is 12.3. The van der Waals surface area contributed by atoms with E-state index in [9.17, 15) is 9.59 Å². The largest absolute Gasteiger partial charge is 0.496 e. The van der Waals surface area contributed by atoms with Gasteiger partial charge in [0, 0.05) is 16.5 Å². The quantitative estimate of drug-likeness (QED) is 0.476. The molecule has 0 bridgehead atoms. The minimum Gasteiger partial charge on any atom is -0.496 e. The van der Waals surface area contributed by atoms with Crippen molar-refractivity contribution in [3.05, 3.63) is 76.4 Å². The van der Waals surface area contributed by atoms with Crippen molar-refractivity contribution in [2.24, 2.45) is 0 Å². The SMILES string of the molecule is COc1ccccc1CN(C(=O)Cc1cccs1)[C@H](C(=O)NC1CCCCC1)c1ccco1. The molecule has 1 aromatic carbocycles. The van der Waals surface area contributed by atoms with Crippen molar-refractivity contribution in [2.75, 3.05) is 7.11 Å². The van der Waals surface area contributed by atoms with Gasteiger partial charge in [-0.2, -0.15) is 0 Å². The number of hydrogen-bond acceptors (Lipinski definition) is 5. The fourth-order valence-electron chi connectivity index (χ4n) is 4.40. The summed E-state index contributed by atoms with van der Waals surface area (Å²) in [5.74, 6) is 0.796. The summed E-state index contributed by atoms with van der Waals surface area (Å²) in [6.45, 7) is 0.234. The average Bonchev–Trinajstić information content (AvgIpc) is 3.54. The Morgan fingerprint density at radius 3 is 2.64 bits per heavy atom. The van der Waals surface area contributed by atoms with Gasteiger partial charge in [-0.25, -0.2) is 0 Å². The van der Waals surface area contributed by atoms with Gasteiger partial charge < -0.3 is 19.4 Å². The third-order valence-corrected chi connectivity index (χ3v) is 6.96. The monoisotopic (exact) mass is 466 g/mol. The van der Waals surface area contributed by atoms with E-state index in [1.165, 1.54) is 17.8 Å². The number of para-hydroxylation sites is 1. The van der Waals surface area contributed by atoms with Gasteiger partial charge in [-0.15, -0.1) is 11.3 Å². The molecule has 174 valence electrons. The van der Waals surface area contributed by atoms with Crippen LogP contribution in [0, 0.1) is 0 Å². The Hall–Kier alpha value is -3.06. The first kappa shape index (κ1) is 23.1. The number of benzene rings is 1. The van der Waals surface area contributed by atoms with Gasteiger partial charge in [0.05, 0.1) is 26.3 Å². The Balaban J connectivity index is 1.66. The standard InChI is InChI=1S/C26H30N2O4S/c1-31-22-13-6-5-9-19(22)18-28(24(29)17-21-12-8-16-33-21)25(23-14-7-15-32-23)26(30)27-20-10-3-2-4-11-20/h5-9,12-16,20,25H,2-4,10-11,17-18H2,1H3,(H,27,30)/t25-/m0/s1. The van der Waals surface area contributed by atoms with E-state index in [2.05, 4.69) is 5.32 Å². The van der Waals surface area contributed by atoms with Crippen molar-refractivity contribution in [2.45, 2.75) is 57.2 Å². The van der Waals surface area contributed by atoms with Gasteiger partial charge in [0.2, 0.25) is 5.91 Å². The number of carbonyl (C=O) groups excluding carboxylic acids is 2. The molecule has 1 N–H and O–H groups in total. The predicted molar refractivity (Wildman–Crippen MR) is 128 cm³/mol. The minimum absolute atomic E-state index is 0.129. The van der Waals surface area contributed by atoms with Crippen LogP contribution in [0.2, 0.25) is 0 Å². The van der Waals surface area contributed by atoms with Gasteiger partial charge in [-0.3, -0.25) is 9.59 Å². The molecule has 0 spiro atoms. The molecule has 1 atom stereocenters. The van der Waals surface area contributed by atoms with Crippen LogP contribution in [0.15, 0.2) is 64.6 Å². The van der Waals surface area contributed by atoms with Crippen LogP contribution in [0.1, 0.15) is 54.3 Å². The molecule has 2 aromatic heterocycles. The van der Waals surface area contributed by atoms with Crippen molar-refractivity contribution in [1.29, 1.82) is 0 Å². The van der Waals surface area contributed by atoms with Gasteiger partial charge in [-0.05, 0) is 42.5 Å². The third kappa shape index (κ3) is 5.85. The second-order valence-electron chi connectivity index (χ2n) is 8.35. The zero-order valence-corrected chi connectivity index (χ0v) is 19.7. The van der Waals surface area contributed by atoms with Gasteiger partial charge in [0.15, 0.2) is 6.04 Å². The lowest BCUT2D eigenvalue weighted by Crippen LogP contribution is -2.47. The Bertz CT molecular complexity index is 1030. The van der Waals surface area contributed by atoms with Crippen LogP contribution in [0.3, 0.4) is 0 Å². The van der Waals surface area contributed by atoms with Gasteiger partial charge in [0.1, 0.15) is 11.5 Å². The Morgan fingerprint density at radius 1 is 1.12 bits per heavy atom. The maximum Gasteiger partial charge on any atom is 0.250 e. The number of nitrogens with zero attached hydrogens (tertiary/aromatic N) is 1. The van der Waals surface area contributed by atoms with E-state index in [1.54, 1.807) is 30.4 Å². The lowest BCUT2D eigenvalue weighted by Gasteiger charge is -2.32. The van der Waals surface area contributed by atoms with Crippen molar-refractivity contribution >= 4 is 23.2 Å². The molecule has 3 aromatic rings. The van der Waals surface area contributed by atoms with Crippen LogP contribution < -0.4 is 10.1 Å². The minimum atomic E-state index is -0.862. The lowest BCUT2D eigenvalue weighted by atomic mass is 9.95. The van der Waals surface area contributed by atoms with E-state index in [4.69, 9.17) is 9.15 Å². The summed E-state index contributed by atoms with van der Waals surface area (Å²) in [5.41, 5.74) is 0.835. The number of ether oxygens (including phenoxy) is 1. The highest BCUT2D eigenvalue weighted by Gasteiger charge is 2.35. The van der Waals surface area contributed by atoms with E-state index in [-0.39, 0.29) is 30.8 Å². The van der Waals surface area contributed by atoms with Gasteiger partial charge in [-0.1, -0.05) is 43.5 Å². The second kappa shape index (κ2) is 11.2. The van der Waals surface area contributed by atoms with Crippen LogP contribution in [0.5, 0.6) is 5.75 Å². The van der Waals surface area contributed by atoms with E-state index in [0.717, 1.165) is 36.1 Å². The number of thiophene rings is 1. The number of amides is 2. The number of furan rings is 1. The molecule has 33 heavy (non-hydrogen) atoms. The van der Waals surface area contributed by atoms with Crippen LogP contribution in [-0.2, 0) is 22.6 Å². The summed E-state index contributed by atoms with van der Waals surface area (Å²) in [7, 11) is 1.61. The van der Waals surface area contributed by atoms with E-state index in [1.807, 2.05) is 41.8 Å². The summed E-state index contributed by atoms with van der Waals surface area (Å²) < 4.78 is 11.2. The molecule has 6 nitrogen and oxygen atoms in total. The van der Waals surface area contributed by atoms with E-state index >= 15 is 0 Å².